The van der Waals surface area contributed by atoms with Gasteiger partial charge in [0.05, 0.1) is 0 Å². The molecule has 3 nitrogen and oxygen atoms in total. The summed E-state index contributed by atoms with van der Waals surface area (Å²) in [4.78, 5) is 0. The van der Waals surface area contributed by atoms with E-state index in [2.05, 4.69) is 10.2 Å². The van der Waals surface area contributed by atoms with Crippen LogP contribution >= 0.6 is 0 Å². The Morgan fingerprint density at radius 2 is 2.00 bits per heavy atom. The van der Waals surface area contributed by atoms with Gasteiger partial charge in [-0.1, -0.05) is 26.2 Å². The highest BCUT2D eigenvalue weighted by Gasteiger charge is 2.20. The van der Waals surface area contributed by atoms with Crippen LogP contribution < -0.4 is 0 Å². The van der Waals surface area contributed by atoms with Crippen molar-refractivity contribution in [2.45, 2.75) is 51.4 Å². The third kappa shape index (κ3) is 1.90. The van der Waals surface area contributed by atoms with Gasteiger partial charge in [0, 0.05) is 12.3 Å². The van der Waals surface area contributed by atoms with E-state index >= 15 is 0 Å². The minimum absolute atomic E-state index is 0.543. The summed E-state index contributed by atoms with van der Waals surface area (Å²) in [7, 11) is 0. The summed E-state index contributed by atoms with van der Waals surface area (Å²) in [6, 6.07) is 0. The Bertz CT molecular complexity index is 264. The fourth-order valence-electron chi connectivity index (χ4n) is 1.92. The van der Waals surface area contributed by atoms with E-state index in [1.54, 1.807) is 0 Å². The van der Waals surface area contributed by atoms with E-state index in [-0.39, 0.29) is 0 Å². The smallest absolute Gasteiger partial charge is 0.219 e. The number of nitrogens with zero attached hydrogens (tertiary/aromatic N) is 2. The normalized spacial score (nSPS) is 19.2. The summed E-state index contributed by atoms with van der Waals surface area (Å²) in [5.41, 5.74) is 0. The fourth-order valence-corrected chi connectivity index (χ4v) is 1.92. The molecule has 1 saturated carbocycles. The Morgan fingerprint density at radius 1 is 1.23 bits per heavy atom. The molecule has 0 aromatic carbocycles. The SMILES string of the molecule is CCc1nnc(C2CCCCC2)o1. The third-order valence-corrected chi connectivity index (χ3v) is 2.74. The maximum Gasteiger partial charge on any atom is 0.219 e. The van der Waals surface area contributed by atoms with Gasteiger partial charge < -0.3 is 4.42 Å². The zero-order valence-corrected chi connectivity index (χ0v) is 8.12. The van der Waals surface area contributed by atoms with Crippen molar-refractivity contribution in [1.82, 2.24) is 10.2 Å². The zero-order valence-electron chi connectivity index (χ0n) is 8.12. The molecule has 0 bridgehead atoms. The van der Waals surface area contributed by atoms with E-state index in [0.717, 1.165) is 18.2 Å². The van der Waals surface area contributed by atoms with E-state index < -0.39 is 0 Å². The summed E-state index contributed by atoms with van der Waals surface area (Å²) in [5.74, 6) is 2.19. The van der Waals surface area contributed by atoms with Gasteiger partial charge in [0.15, 0.2) is 0 Å². The van der Waals surface area contributed by atoms with Gasteiger partial charge >= 0.3 is 0 Å². The minimum Gasteiger partial charge on any atom is -0.425 e. The Balaban J connectivity index is 2.05. The van der Waals surface area contributed by atoms with E-state index in [0.29, 0.717) is 5.92 Å². The van der Waals surface area contributed by atoms with Crippen LogP contribution in [0.15, 0.2) is 4.42 Å². The summed E-state index contributed by atoms with van der Waals surface area (Å²) >= 11 is 0. The monoisotopic (exact) mass is 180 g/mol. The van der Waals surface area contributed by atoms with Crippen LogP contribution in [0.1, 0.15) is 56.7 Å². The molecule has 0 amide bonds. The van der Waals surface area contributed by atoms with E-state index in [4.69, 9.17) is 4.42 Å². The molecular weight excluding hydrogens is 164 g/mol. The number of aryl methyl sites for hydroxylation is 1. The standard InChI is InChI=1S/C10H16N2O/c1-2-9-11-12-10(13-9)8-6-4-3-5-7-8/h8H,2-7H2,1H3. The molecule has 0 N–H and O–H groups in total. The molecule has 1 heterocycles. The van der Waals surface area contributed by atoms with Crippen LogP contribution in [0, 0.1) is 0 Å². The maximum absolute atomic E-state index is 5.55. The molecule has 1 aromatic rings. The molecular formula is C10H16N2O. The van der Waals surface area contributed by atoms with Crippen molar-refractivity contribution in [3.63, 3.8) is 0 Å². The first-order valence-electron chi connectivity index (χ1n) is 5.22. The van der Waals surface area contributed by atoms with E-state index in [1.807, 2.05) is 6.92 Å². The van der Waals surface area contributed by atoms with Crippen molar-refractivity contribution in [2.24, 2.45) is 0 Å². The van der Waals surface area contributed by atoms with Gasteiger partial charge in [-0.15, -0.1) is 10.2 Å². The number of aromatic nitrogens is 2. The molecule has 1 aliphatic rings. The van der Waals surface area contributed by atoms with Crippen molar-refractivity contribution in [1.29, 1.82) is 0 Å². The molecule has 2 rings (SSSR count). The van der Waals surface area contributed by atoms with Gasteiger partial charge in [-0.05, 0) is 12.8 Å². The highest BCUT2D eigenvalue weighted by Crippen LogP contribution is 2.31. The Morgan fingerprint density at radius 3 is 2.62 bits per heavy atom. The number of rotatable bonds is 2. The summed E-state index contributed by atoms with van der Waals surface area (Å²) in [6.45, 7) is 2.04. The van der Waals surface area contributed by atoms with Crippen molar-refractivity contribution in [2.75, 3.05) is 0 Å². The molecule has 0 atom stereocenters. The second kappa shape index (κ2) is 3.90. The topological polar surface area (TPSA) is 38.9 Å². The summed E-state index contributed by atoms with van der Waals surface area (Å²) in [5, 5.41) is 8.09. The van der Waals surface area contributed by atoms with Crippen LogP contribution in [0.4, 0.5) is 0 Å². The average Bonchev–Trinajstić information content (AvgIpc) is 2.67. The molecule has 72 valence electrons. The fraction of sp³-hybridized carbons (Fsp3) is 0.800. The molecule has 13 heavy (non-hydrogen) atoms. The second-order valence-electron chi connectivity index (χ2n) is 3.72. The number of hydrogen-bond donors (Lipinski definition) is 0. The van der Waals surface area contributed by atoms with Crippen molar-refractivity contribution >= 4 is 0 Å². The zero-order chi connectivity index (χ0) is 9.10. The maximum atomic E-state index is 5.55. The van der Waals surface area contributed by atoms with Gasteiger partial charge in [-0.3, -0.25) is 0 Å². The van der Waals surface area contributed by atoms with Crippen LogP contribution in [0.2, 0.25) is 0 Å². The predicted molar refractivity (Wildman–Crippen MR) is 49.5 cm³/mol. The van der Waals surface area contributed by atoms with Crippen molar-refractivity contribution in [3.8, 4) is 0 Å². The number of hydrogen-bond acceptors (Lipinski definition) is 3. The lowest BCUT2D eigenvalue weighted by molar-refractivity contribution is 0.352. The van der Waals surface area contributed by atoms with Gasteiger partial charge in [0.25, 0.3) is 0 Å². The van der Waals surface area contributed by atoms with Gasteiger partial charge in [-0.25, -0.2) is 0 Å². The first-order valence-corrected chi connectivity index (χ1v) is 5.22. The lowest BCUT2D eigenvalue weighted by Gasteiger charge is -2.17. The first kappa shape index (κ1) is 8.73. The molecule has 0 saturated heterocycles. The van der Waals surface area contributed by atoms with Crippen molar-refractivity contribution < 1.29 is 4.42 Å². The van der Waals surface area contributed by atoms with Crippen LogP contribution in [-0.4, -0.2) is 10.2 Å². The minimum atomic E-state index is 0.543. The van der Waals surface area contributed by atoms with E-state index in [9.17, 15) is 0 Å². The van der Waals surface area contributed by atoms with Gasteiger partial charge in [0.2, 0.25) is 11.8 Å². The molecule has 0 spiro atoms. The largest absolute Gasteiger partial charge is 0.425 e. The summed E-state index contributed by atoms with van der Waals surface area (Å²) < 4.78 is 5.55. The molecule has 3 heteroatoms. The Hall–Kier alpha value is -0.860. The molecule has 1 fully saturated rings. The van der Waals surface area contributed by atoms with Crippen LogP contribution in [0.25, 0.3) is 0 Å². The van der Waals surface area contributed by atoms with Crippen LogP contribution in [0.5, 0.6) is 0 Å². The predicted octanol–water partition coefficient (Wildman–Crippen LogP) is 2.68. The first-order chi connectivity index (χ1) is 6.40. The van der Waals surface area contributed by atoms with E-state index in [1.165, 1.54) is 32.1 Å². The van der Waals surface area contributed by atoms with Gasteiger partial charge in [0.1, 0.15) is 0 Å². The highest BCUT2D eigenvalue weighted by atomic mass is 16.4. The lowest BCUT2D eigenvalue weighted by atomic mass is 9.89. The third-order valence-electron chi connectivity index (χ3n) is 2.74. The molecule has 0 unspecified atom stereocenters. The Kier molecular flexibility index (Phi) is 2.62. The van der Waals surface area contributed by atoms with Crippen molar-refractivity contribution in [3.05, 3.63) is 11.8 Å². The quantitative estimate of drug-likeness (QED) is 0.702. The lowest BCUT2D eigenvalue weighted by Crippen LogP contribution is -2.04. The molecule has 1 aromatic heterocycles. The second-order valence-corrected chi connectivity index (χ2v) is 3.72. The molecule has 0 aliphatic heterocycles. The Labute approximate surface area is 78.5 Å². The average molecular weight is 180 g/mol. The summed E-state index contributed by atoms with van der Waals surface area (Å²) in [6.07, 6.45) is 7.30. The van der Waals surface area contributed by atoms with Gasteiger partial charge in [-0.2, -0.15) is 0 Å². The van der Waals surface area contributed by atoms with Crippen LogP contribution in [0.3, 0.4) is 0 Å². The van der Waals surface area contributed by atoms with Crippen LogP contribution in [-0.2, 0) is 6.42 Å². The molecule has 0 radical (unpaired) electrons. The highest BCUT2D eigenvalue weighted by molar-refractivity contribution is 4.92. The molecule has 1 aliphatic carbocycles.